The predicted molar refractivity (Wildman–Crippen MR) is 109 cm³/mol. The molecule has 1 saturated heterocycles. The summed E-state index contributed by atoms with van der Waals surface area (Å²) in [6.07, 6.45) is 8.16. The first-order valence-corrected chi connectivity index (χ1v) is 10.7. The quantitative estimate of drug-likeness (QED) is 0.870. The van der Waals surface area contributed by atoms with Crippen molar-refractivity contribution in [2.45, 2.75) is 51.1 Å². The molecule has 2 fully saturated rings. The molecule has 5 rings (SSSR count). The Morgan fingerprint density at radius 2 is 1.93 bits per heavy atom. The lowest BCUT2D eigenvalue weighted by molar-refractivity contribution is -0.128. The molecule has 6 heteroatoms. The number of aryl methyl sites for hydroxylation is 1. The van der Waals surface area contributed by atoms with Gasteiger partial charge in [-0.3, -0.25) is 9.59 Å². The van der Waals surface area contributed by atoms with Crippen LogP contribution in [0.4, 0.5) is 0 Å². The van der Waals surface area contributed by atoms with E-state index in [9.17, 15) is 9.59 Å². The van der Waals surface area contributed by atoms with Crippen molar-refractivity contribution in [3.05, 3.63) is 53.6 Å². The number of carbonyl (C=O) groups excluding carboxylic acids is 2. The number of likely N-dealkylation sites (tertiary alicyclic amines) is 1. The molecular weight excluding hydrogens is 364 g/mol. The lowest BCUT2D eigenvalue weighted by Crippen LogP contribution is -2.63. The first kappa shape index (κ1) is 18.4. The van der Waals surface area contributed by atoms with Crippen molar-refractivity contribution in [3.63, 3.8) is 0 Å². The average molecular weight is 393 g/mol. The number of fused-ring (bicyclic) bond motifs is 2. The van der Waals surface area contributed by atoms with Crippen molar-refractivity contribution in [1.29, 1.82) is 0 Å². The minimum Gasteiger partial charge on any atom is -0.346 e. The summed E-state index contributed by atoms with van der Waals surface area (Å²) in [6, 6.07) is 7.66. The summed E-state index contributed by atoms with van der Waals surface area (Å²) < 4.78 is 2.19. The number of imidazole rings is 1. The topological polar surface area (TPSA) is 67.2 Å². The van der Waals surface area contributed by atoms with Gasteiger partial charge in [-0.2, -0.15) is 0 Å². The van der Waals surface area contributed by atoms with Gasteiger partial charge in [0, 0.05) is 43.4 Å². The van der Waals surface area contributed by atoms with E-state index >= 15 is 0 Å². The van der Waals surface area contributed by atoms with Crippen LogP contribution < -0.4 is 5.32 Å². The van der Waals surface area contributed by atoms with Crippen LogP contribution in [0.3, 0.4) is 0 Å². The fraction of sp³-hybridized carbons (Fsp3) is 0.522. The lowest BCUT2D eigenvalue weighted by atomic mass is 9.76. The van der Waals surface area contributed by atoms with Gasteiger partial charge in [-0.25, -0.2) is 4.98 Å². The molecule has 152 valence electrons. The Labute approximate surface area is 171 Å². The zero-order valence-electron chi connectivity index (χ0n) is 17.1. The summed E-state index contributed by atoms with van der Waals surface area (Å²) in [5.74, 6) is 1.71. The van der Waals surface area contributed by atoms with Gasteiger partial charge in [0.2, 0.25) is 5.91 Å². The molecule has 1 N–H and O–H groups in total. The molecule has 2 aliphatic heterocycles. The smallest absolute Gasteiger partial charge is 0.254 e. The maximum Gasteiger partial charge on any atom is 0.254 e. The van der Waals surface area contributed by atoms with E-state index in [2.05, 4.69) is 14.9 Å². The minimum atomic E-state index is -0.149. The van der Waals surface area contributed by atoms with Crippen LogP contribution in [0.1, 0.15) is 60.4 Å². The van der Waals surface area contributed by atoms with Crippen molar-refractivity contribution in [2.24, 2.45) is 11.8 Å². The second-order valence-corrected chi connectivity index (χ2v) is 9.15. The van der Waals surface area contributed by atoms with E-state index in [0.29, 0.717) is 19.0 Å². The third kappa shape index (κ3) is 2.96. The fourth-order valence-corrected chi connectivity index (χ4v) is 5.08. The lowest BCUT2D eigenvalue weighted by Gasteiger charge is -2.49. The molecule has 2 atom stereocenters. The molecule has 1 aromatic carbocycles. The predicted octanol–water partition coefficient (Wildman–Crippen LogP) is 3.04. The summed E-state index contributed by atoms with van der Waals surface area (Å²) >= 11 is 0. The Balaban J connectivity index is 1.27. The van der Waals surface area contributed by atoms with E-state index in [1.807, 2.05) is 49.2 Å². The normalized spacial score (nSPS) is 23.2. The highest BCUT2D eigenvalue weighted by Gasteiger charge is 2.54. The Hall–Kier alpha value is -2.63. The van der Waals surface area contributed by atoms with Gasteiger partial charge in [-0.05, 0) is 37.8 Å². The third-order valence-corrected chi connectivity index (χ3v) is 7.22. The first-order valence-electron chi connectivity index (χ1n) is 10.7. The highest BCUT2D eigenvalue weighted by atomic mass is 16.2. The number of hydrogen-bond donors (Lipinski definition) is 1. The van der Waals surface area contributed by atoms with Gasteiger partial charge in [-0.1, -0.05) is 31.0 Å². The van der Waals surface area contributed by atoms with Crippen LogP contribution in [0.25, 0.3) is 0 Å². The zero-order chi connectivity index (χ0) is 20.2. The van der Waals surface area contributed by atoms with Crippen LogP contribution in [0.2, 0.25) is 0 Å². The molecule has 1 aliphatic carbocycles. The summed E-state index contributed by atoms with van der Waals surface area (Å²) in [5.41, 5.74) is 1.73. The van der Waals surface area contributed by atoms with E-state index < -0.39 is 0 Å². The second-order valence-electron chi connectivity index (χ2n) is 9.15. The Kier molecular flexibility index (Phi) is 4.26. The monoisotopic (exact) mass is 392 g/mol. The molecule has 0 bridgehead atoms. The van der Waals surface area contributed by atoms with Crippen LogP contribution in [0.15, 0.2) is 36.7 Å². The van der Waals surface area contributed by atoms with Crippen LogP contribution >= 0.6 is 0 Å². The molecule has 6 nitrogen and oxygen atoms in total. The standard InChI is InChI=1S/C23H28N4O2/c1-15-6-8-18(9-7-15)22(29)26-13-23(14-26)12-19(20-24-10-11-27(20)23)25-21(28)16(2)17-4-3-5-17/h6-11,16-17,19H,3-5,12-14H2,1-2H3,(H,25,28). The van der Waals surface area contributed by atoms with E-state index in [1.165, 1.54) is 6.42 Å². The van der Waals surface area contributed by atoms with Crippen LogP contribution in [0.5, 0.6) is 0 Å². The van der Waals surface area contributed by atoms with Crippen LogP contribution in [0, 0.1) is 18.8 Å². The van der Waals surface area contributed by atoms with Crippen LogP contribution in [-0.2, 0) is 10.3 Å². The summed E-state index contributed by atoms with van der Waals surface area (Å²) in [6.45, 7) is 5.38. The van der Waals surface area contributed by atoms with Gasteiger partial charge in [0.15, 0.2) is 0 Å². The van der Waals surface area contributed by atoms with Gasteiger partial charge in [0.1, 0.15) is 5.82 Å². The van der Waals surface area contributed by atoms with Crippen molar-refractivity contribution in [1.82, 2.24) is 19.8 Å². The number of nitrogens with zero attached hydrogens (tertiary/aromatic N) is 3. The maximum absolute atomic E-state index is 12.8. The second kappa shape index (κ2) is 6.71. The number of carbonyl (C=O) groups is 2. The van der Waals surface area contributed by atoms with Crippen LogP contribution in [-0.4, -0.2) is 39.4 Å². The van der Waals surface area contributed by atoms with Gasteiger partial charge < -0.3 is 14.8 Å². The minimum absolute atomic E-state index is 0.0599. The van der Waals surface area contributed by atoms with Gasteiger partial charge in [0.05, 0.1) is 11.6 Å². The van der Waals surface area contributed by atoms with E-state index in [-0.39, 0.29) is 29.3 Å². The third-order valence-electron chi connectivity index (χ3n) is 7.22. The number of rotatable bonds is 4. The molecule has 2 aromatic rings. The van der Waals surface area contributed by atoms with Crippen molar-refractivity contribution < 1.29 is 9.59 Å². The average Bonchev–Trinajstić information content (AvgIpc) is 3.21. The molecule has 0 radical (unpaired) electrons. The van der Waals surface area contributed by atoms with E-state index in [1.54, 1.807) is 6.20 Å². The van der Waals surface area contributed by atoms with Gasteiger partial charge in [0.25, 0.3) is 5.91 Å². The highest BCUT2D eigenvalue weighted by molar-refractivity contribution is 5.95. The van der Waals surface area contributed by atoms with E-state index in [0.717, 1.165) is 36.2 Å². The first-order chi connectivity index (χ1) is 14.0. The molecule has 1 saturated carbocycles. The Morgan fingerprint density at radius 3 is 2.59 bits per heavy atom. The molecule has 3 aliphatic rings. The summed E-state index contributed by atoms with van der Waals surface area (Å²) in [4.78, 5) is 32.0. The summed E-state index contributed by atoms with van der Waals surface area (Å²) in [5, 5.41) is 3.25. The molecule has 2 unspecified atom stereocenters. The zero-order valence-corrected chi connectivity index (χ0v) is 17.1. The Bertz CT molecular complexity index is 938. The SMILES string of the molecule is Cc1ccc(C(=O)N2CC3(CC(NC(=O)C(C)C4CCC4)c4nccn43)C2)cc1. The van der Waals surface area contributed by atoms with Gasteiger partial charge >= 0.3 is 0 Å². The molecule has 3 heterocycles. The summed E-state index contributed by atoms with van der Waals surface area (Å²) in [7, 11) is 0. The van der Waals surface area contributed by atoms with Crippen molar-refractivity contribution in [3.8, 4) is 0 Å². The molecule has 1 spiro atoms. The molecule has 1 aromatic heterocycles. The van der Waals surface area contributed by atoms with E-state index in [4.69, 9.17) is 0 Å². The Morgan fingerprint density at radius 1 is 1.21 bits per heavy atom. The van der Waals surface area contributed by atoms with Gasteiger partial charge in [-0.15, -0.1) is 0 Å². The maximum atomic E-state index is 12.8. The number of amides is 2. The fourth-order valence-electron chi connectivity index (χ4n) is 5.08. The number of nitrogens with one attached hydrogen (secondary N) is 1. The van der Waals surface area contributed by atoms with Crippen molar-refractivity contribution >= 4 is 11.8 Å². The van der Waals surface area contributed by atoms with Crippen molar-refractivity contribution in [2.75, 3.05) is 13.1 Å². The molecule has 2 amide bonds. The molecule has 29 heavy (non-hydrogen) atoms. The number of benzene rings is 1. The highest BCUT2D eigenvalue weighted by Crippen LogP contribution is 2.45. The number of aromatic nitrogens is 2. The largest absolute Gasteiger partial charge is 0.346 e. The molecular formula is C23H28N4O2. The number of hydrogen-bond acceptors (Lipinski definition) is 3.